The van der Waals surface area contributed by atoms with Gasteiger partial charge in [0.2, 0.25) is 11.8 Å². The predicted molar refractivity (Wildman–Crippen MR) is 178 cm³/mol. The summed E-state index contributed by atoms with van der Waals surface area (Å²) in [5.41, 5.74) is 18.9. The molecule has 0 aliphatic carbocycles. The van der Waals surface area contributed by atoms with E-state index < -0.39 is 12.1 Å². The number of methoxy groups -OCH3 is 1. The Morgan fingerprint density at radius 3 is 2.22 bits per heavy atom. The minimum atomic E-state index is -0.648. The zero-order valence-electron chi connectivity index (χ0n) is 23.9. The molecule has 1 unspecified atom stereocenters. The van der Waals surface area contributed by atoms with Crippen LogP contribution in [0.25, 0.3) is 10.9 Å². The Hall–Kier alpha value is -1.79. The highest BCUT2D eigenvalue weighted by molar-refractivity contribution is 5.92. The molecule has 0 saturated carbocycles. The lowest BCUT2D eigenvalue weighted by molar-refractivity contribution is -0.129. The molecule has 10 nitrogen and oxygen atoms in total. The summed E-state index contributed by atoms with van der Waals surface area (Å²) in [5.74, 6) is 0.272. The number of nitrogens with one attached hydrogen (secondary N) is 3. The quantitative estimate of drug-likeness (QED) is 0.131. The molecular weight excluding hydrogens is 612 g/mol. The van der Waals surface area contributed by atoms with Gasteiger partial charge in [0.15, 0.2) is 0 Å². The summed E-state index contributed by atoms with van der Waals surface area (Å²) in [7, 11) is 1.65. The lowest BCUT2D eigenvalue weighted by atomic mass is 10.1. The van der Waals surface area contributed by atoms with Gasteiger partial charge in [0.1, 0.15) is 11.8 Å². The van der Waals surface area contributed by atoms with Crippen molar-refractivity contribution in [1.29, 1.82) is 0 Å². The van der Waals surface area contributed by atoms with E-state index >= 15 is 0 Å². The van der Waals surface area contributed by atoms with Gasteiger partial charge in [-0.2, -0.15) is 0 Å². The van der Waals surface area contributed by atoms with Crippen molar-refractivity contribution in [2.75, 3.05) is 32.1 Å². The number of benzene rings is 1. The summed E-state index contributed by atoms with van der Waals surface area (Å²) in [6.07, 6.45) is 7.60. The van der Waals surface area contributed by atoms with Crippen LogP contribution in [-0.4, -0.2) is 61.7 Å². The Bertz CT molecular complexity index is 991. The molecule has 0 fully saturated rings. The Kier molecular flexibility index (Phi) is 26.4. The summed E-state index contributed by atoms with van der Waals surface area (Å²) < 4.78 is 5.43. The molecule has 1 aromatic heterocycles. The van der Waals surface area contributed by atoms with E-state index in [4.69, 9.17) is 21.9 Å². The van der Waals surface area contributed by atoms with Crippen molar-refractivity contribution in [2.24, 2.45) is 17.2 Å². The Morgan fingerprint density at radius 1 is 0.927 bits per heavy atom. The van der Waals surface area contributed by atoms with E-state index in [1.165, 1.54) is 0 Å². The van der Waals surface area contributed by atoms with Gasteiger partial charge >= 0.3 is 0 Å². The first kappa shape index (κ1) is 43.7. The Morgan fingerprint density at radius 2 is 1.59 bits per heavy atom. The molecule has 0 saturated heterocycles. The minimum Gasteiger partial charge on any atom is -0.497 e. The third-order valence-corrected chi connectivity index (χ3v) is 6.32. The van der Waals surface area contributed by atoms with Crippen LogP contribution in [0.1, 0.15) is 58.3 Å². The van der Waals surface area contributed by atoms with Crippen LogP contribution in [0.4, 0.5) is 5.69 Å². The fourth-order valence-corrected chi connectivity index (χ4v) is 4.15. The lowest BCUT2D eigenvalue weighted by Crippen LogP contribution is -2.51. The predicted octanol–water partition coefficient (Wildman–Crippen LogP) is 3.70. The summed E-state index contributed by atoms with van der Waals surface area (Å²) >= 11 is 0. The zero-order chi connectivity index (χ0) is 27.0. The molecule has 2 amide bonds. The number of halogens is 4. The number of pyridine rings is 1. The van der Waals surface area contributed by atoms with Crippen LogP contribution in [0, 0.1) is 0 Å². The average molecular weight is 662 g/mol. The number of rotatable bonds is 18. The SMILES string of the molecule is COc1cc(NC(C)CCCNC(=O)[C@H](CCCCN)NC(=O)[C@@H](N)CCCCN)c2ncccc2c1.Cl.Cl.Cl.Cl. The summed E-state index contributed by atoms with van der Waals surface area (Å²) in [6, 6.07) is 6.70. The van der Waals surface area contributed by atoms with E-state index in [1.807, 2.05) is 24.3 Å². The van der Waals surface area contributed by atoms with Crippen molar-refractivity contribution < 1.29 is 14.3 Å². The van der Waals surface area contributed by atoms with Gasteiger partial charge in [-0.1, -0.05) is 12.5 Å². The minimum absolute atomic E-state index is 0. The van der Waals surface area contributed by atoms with Crippen molar-refractivity contribution in [3.8, 4) is 5.75 Å². The van der Waals surface area contributed by atoms with Crippen LogP contribution in [0.15, 0.2) is 30.5 Å². The van der Waals surface area contributed by atoms with Gasteiger partial charge in [-0.25, -0.2) is 0 Å². The molecule has 41 heavy (non-hydrogen) atoms. The average Bonchev–Trinajstić information content (AvgIpc) is 2.90. The molecule has 9 N–H and O–H groups in total. The second-order valence-corrected chi connectivity index (χ2v) is 9.47. The summed E-state index contributed by atoms with van der Waals surface area (Å²) in [6.45, 7) is 3.72. The maximum atomic E-state index is 12.9. The van der Waals surface area contributed by atoms with Crippen molar-refractivity contribution >= 4 is 78.0 Å². The Balaban J connectivity index is -0.00000361. The van der Waals surface area contributed by atoms with Crippen molar-refractivity contribution in [2.45, 2.75) is 76.4 Å². The third kappa shape index (κ3) is 15.9. The smallest absolute Gasteiger partial charge is 0.242 e. The van der Waals surface area contributed by atoms with Crippen LogP contribution in [0.3, 0.4) is 0 Å². The number of amides is 2. The van der Waals surface area contributed by atoms with Gasteiger partial charge in [0.25, 0.3) is 0 Å². The standard InChI is InChI=1S/C27H45N7O3.4ClH/c1-19(33-24-18-21(37-2)17-20-10-8-15-31-25(20)24)9-7-16-32-27(36)23(12-4-6-14-29)34-26(35)22(30)11-3-5-13-28;;;;/h8,10,15,17-19,22-23,33H,3-7,9,11-14,16,28-30H2,1-2H3,(H,32,36)(H,34,35);4*1H/t19?,22-,23-;;;;/m0..../s1. The van der Waals surface area contributed by atoms with Gasteiger partial charge in [-0.15, -0.1) is 49.6 Å². The largest absolute Gasteiger partial charge is 0.497 e. The fraction of sp³-hybridized carbons (Fsp3) is 0.593. The van der Waals surface area contributed by atoms with Crippen LogP contribution in [0.5, 0.6) is 5.75 Å². The van der Waals surface area contributed by atoms with E-state index in [1.54, 1.807) is 13.3 Å². The number of hydrogen-bond donors (Lipinski definition) is 6. The Labute approximate surface area is 269 Å². The van der Waals surface area contributed by atoms with Gasteiger partial charge in [0.05, 0.1) is 24.4 Å². The number of anilines is 1. The monoisotopic (exact) mass is 659 g/mol. The number of unbranched alkanes of at least 4 members (excludes halogenated alkanes) is 2. The molecular formula is C27H49Cl4N7O3. The first-order valence-corrected chi connectivity index (χ1v) is 13.3. The van der Waals surface area contributed by atoms with E-state index in [-0.39, 0.29) is 67.5 Å². The third-order valence-electron chi connectivity index (χ3n) is 6.32. The molecule has 0 radical (unpaired) electrons. The van der Waals surface area contributed by atoms with E-state index in [0.29, 0.717) is 32.5 Å². The first-order valence-electron chi connectivity index (χ1n) is 13.3. The maximum Gasteiger partial charge on any atom is 0.242 e. The number of carbonyl (C=O) groups is 2. The summed E-state index contributed by atoms with van der Waals surface area (Å²) in [4.78, 5) is 29.9. The molecule has 2 aromatic rings. The number of fused-ring (bicyclic) bond motifs is 1. The molecule has 0 spiro atoms. The van der Waals surface area contributed by atoms with Crippen LogP contribution in [-0.2, 0) is 9.59 Å². The highest BCUT2D eigenvalue weighted by Crippen LogP contribution is 2.28. The van der Waals surface area contributed by atoms with Gasteiger partial charge < -0.3 is 37.9 Å². The number of nitrogens with two attached hydrogens (primary N) is 3. The molecule has 1 aromatic carbocycles. The van der Waals surface area contributed by atoms with Crippen molar-refractivity contribution in [3.63, 3.8) is 0 Å². The first-order chi connectivity index (χ1) is 17.9. The molecule has 0 bridgehead atoms. The van der Waals surface area contributed by atoms with Crippen LogP contribution < -0.4 is 37.9 Å². The molecule has 14 heteroatoms. The van der Waals surface area contributed by atoms with Gasteiger partial charge in [-0.3, -0.25) is 14.6 Å². The molecule has 238 valence electrons. The number of ether oxygens (including phenoxy) is 1. The van der Waals surface area contributed by atoms with E-state index in [9.17, 15) is 9.59 Å². The van der Waals surface area contributed by atoms with Gasteiger partial charge in [0, 0.05) is 30.2 Å². The molecule has 1 heterocycles. The normalized spacial score (nSPS) is 12.2. The van der Waals surface area contributed by atoms with Crippen molar-refractivity contribution in [3.05, 3.63) is 30.5 Å². The summed E-state index contributed by atoms with van der Waals surface area (Å²) in [5, 5.41) is 10.3. The maximum absolute atomic E-state index is 12.9. The number of nitrogens with zero attached hydrogens (tertiary/aromatic N) is 1. The molecule has 2 rings (SSSR count). The fourth-order valence-electron chi connectivity index (χ4n) is 4.15. The van der Waals surface area contributed by atoms with E-state index in [2.05, 4.69) is 27.9 Å². The second kappa shape index (κ2) is 24.8. The van der Waals surface area contributed by atoms with E-state index in [0.717, 1.165) is 60.9 Å². The highest BCUT2D eigenvalue weighted by atomic mass is 35.5. The molecule has 0 aliphatic heterocycles. The van der Waals surface area contributed by atoms with Crippen LogP contribution >= 0.6 is 49.6 Å². The lowest BCUT2D eigenvalue weighted by Gasteiger charge is -2.21. The number of carbonyl (C=O) groups excluding carboxylic acids is 2. The second-order valence-electron chi connectivity index (χ2n) is 9.47. The molecule has 3 atom stereocenters. The number of aromatic nitrogens is 1. The highest BCUT2D eigenvalue weighted by Gasteiger charge is 2.23. The van der Waals surface area contributed by atoms with Crippen molar-refractivity contribution in [1.82, 2.24) is 15.6 Å². The van der Waals surface area contributed by atoms with Crippen LogP contribution in [0.2, 0.25) is 0 Å². The topological polar surface area (TPSA) is 170 Å². The number of hydrogen-bond acceptors (Lipinski definition) is 8. The molecule has 0 aliphatic rings. The van der Waals surface area contributed by atoms with Gasteiger partial charge in [-0.05, 0) is 77.1 Å². The zero-order valence-corrected chi connectivity index (χ0v) is 27.2.